The number of hydrogen-bond acceptors (Lipinski definition) is 4. The van der Waals surface area contributed by atoms with E-state index in [0.717, 1.165) is 28.7 Å². The van der Waals surface area contributed by atoms with Crippen LogP contribution in [0.5, 0.6) is 0 Å². The molecule has 1 unspecified atom stereocenters. The van der Waals surface area contributed by atoms with Gasteiger partial charge in [0, 0.05) is 35.8 Å². The maximum absolute atomic E-state index is 14.1. The van der Waals surface area contributed by atoms with Gasteiger partial charge in [-0.05, 0) is 42.8 Å². The maximum Gasteiger partial charge on any atom is 0.419 e. The number of piperidine rings is 1. The molecule has 0 bridgehead atoms. The number of hydrogen-bond donors (Lipinski definition) is 2. The van der Waals surface area contributed by atoms with E-state index in [-0.39, 0.29) is 12.0 Å². The van der Waals surface area contributed by atoms with E-state index in [9.17, 15) is 17.6 Å². The fourth-order valence-electron chi connectivity index (χ4n) is 3.73. The van der Waals surface area contributed by atoms with E-state index in [0.29, 0.717) is 25.1 Å². The molecule has 2 N–H and O–H groups in total. The van der Waals surface area contributed by atoms with Crippen molar-refractivity contribution in [1.29, 1.82) is 0 Å². The number of alkyl halides is 3. The highest BCUT2D eigenvalue weighted by Gasteiger charge is 2.35. The Bertz CT molecular complexity index is 984. The van der Waals surface area contributed by atoms with Gasteiger partial charge in [-0.25, -0.2) is 14.4 Å². The van der Waals surface area contributed by atoms with E-state index >= 15 is 0 Å². The number of anilines is 1. The number of rotatable bonds is 3. The zero-order valence-corrected chi connectivity index (χ0v) is 14.8. The van der Waals surface area contributed by atoms with Gasteiger partial charge in [0.15, 0.2) is 0 Å². The zero-order valence-electron chi connectivity index (χ0n) is 14.8. The second-order valence-electron chi connectivity index (χ2n) is 6.85. The fraction of sp³-hybridized carbons (Fsp3) is 0.300. The smallest absolute Gasteiger partial charge is 0.380 e. The molecular formula is C20H18F4N4. The molecule has 0 amide bonds. The number of benzene rings is 2. The molecule has 4 rings (SSSR count). The molecule has 2 heterocycles. The van der Waals surface area contributed by atoms with Gasteiger partial charge in [0.05, 0.1) is 11.1 Å². The molecule has 0 saturated carbocycles. The molecule has 4 nitrogen and oxygen atoms in total. The van der Waals surface area contributed by atoms with Crippen LogP contribution >= 0.6 is 0 Å². The minimum absolute atomic E-state index is 0.115. The van der Waals surface area contributed by atoms with Gasteiger partial charge < -0.3 is 10.6 Å². The van der Waals surface area contributed by atoms with Crippen LogP contribution in [0, 0.1) is 5.82 Å². The van der Waals surface area contributed by atoms with Crippen molar-refractivity contribution < 1.29 is 17.6 Å². The first-order chi connectivity index (χ1) is 13.4. The molecule has 8 heteroatoms. The highest BCUT2D eigenvalue weighted by molar-refractivity contribution is 5.90. The fourth-order valence-corrected chi connectivity index (χ4v) is 3.73. The summed E-state index contributed by atoms with van der Waals surface area (Å²) in [5, 5.41) is 7.59. The molecule has 2 atom stereocenters. The maximum atomic E-state index is 14.1. The molecule has 3 aromatic rings. The van der Waals surface area contributed by atoms with Crippen LogP contribution in [0.25, 0.3) is 10.9 Å². The predicted octanol–water partition coefficient (Wildman–Crippen LogP) is 4.35. The van der Waals surface area contributed by atoms with Gasteiger partial charge in [-0.1, -0.05) is 12.1 Å². The quantitative estimate of drug-likeness (QED) is 0.653. The van der Waals surface area contributed by atoms with E-state index in [2.05, 4.69) is 20.6 Å². The third-order valence-corrected chi connectivity index (χ3v) is 5.10. The lowest BCUT2D eigenvalue weighted by Gasteiger charge is -2.34. The third kappa shape index (κ3) is 3.64. The van der Waals surface area contributed by atoms with Crippen LogP contribution < -0.4 is 10.6 Å². The highest BCUT2D eigenvalue weighted by Crippen LogP contribution is 2.35. The molecule has 0 spiro atoms. The second kappa shape index (κ2) is 7.35. The van der Waals surface area contributed by atoms with Crippen molar-refractivity contribution >= 4 is 16.6 Å². The summed E-state index contributed by atoms with van der Waals surface area (Å²) in [4.78, 5) is 8.30. The van der Waals surface area contributed by atoms with Crippen LogP contribution in [0.1, 0.15) is 23.5 Å². The summed E-state index contributed by atoms with van der Waals surface area (Å²) in [6.07, 6.45) is -0.823. The Morgan fingerprint density at radius 1 is 1.14 bits per heavy atom. The van der Waals surface area contributed by atoms with Crippen molar-refractivity contribution in [3.8, 4) is 0 Å². The summed E-state index contributed by atoms with van der Waals surface area (Å²) < 4.78 is 52.7. The van der Waals surface area contributed by atoms with Crippen LogP contribution in [-0.2, 0) is 6.18 Å². The topological polar surface area (TPSA) is 49.8 Å². The van der Waals surface area contributed by atoms with Crippen molar-refractivity contribution in [2.45, 2.75) is 24.6 Å². The Hall–Kier alpha value is -2.74. The average molecular weight is 390 g/mol. The van der Waals surface area contributed by atoms with Crippen LogP contribution in [0.15, 0.2) is 48.9 Å². The van der Waals surface area contributed by atoms with Crippen LogP contribution in [0.4, 0.5) is 23.2 Å². The zero-order chi connectivity index (χ0) is 19.7. The van der Waals surface area contributed by atoms with Gasteiger partial charge in [-0.15, -0.1) is 0 Å². The molecule has 2 aromatic carbocycles. The van der Waals surface area contributed by atoms with Crippen LogP contribution in [0.2, 0.25) is 0 Å². The first-order valence-corrected chi connectivity index (χ1v) is 8.96. The van der Waals surface area contributed by atoms with Gasteiger partial charge in [0.1, 0.15) is 12.1 Å². The summed E-state index contributed by atoms with van der Waals surface area (Å²) in [7, 11) is 0. The number of fused-ring (bicyclic) bond motifs is 1. The molecule has 1 fully saturated rings. The van der Waals surface area contributed by atoms with Gasteiger partial charge in [0.25, 0.3) is 0 Å². The normalized spacial score (nSPS) is 20.3. The molecule has 1 aliphatic rings. The number of aromatic nitrogens is 2. The summed E-state index contributed by atoms with van der Waals surface area (Å²) in [5.41, 5.74) is 0.951. The van der Waals surface area contributed by atoms with Crippen LogP contribution in [0.3, 0.4) is 0 Å². The van der Waals surface area contributed by atoms with Crippen molar-refractivity contribution in [3.05, 3.63) is 65.9 Å². The lowest BCUT2D eigenvalue weighted by atomic mass is 9.85. The Morgan fingerprint density at radius 3 is 2.79 bits per heavy atom. The van der Waals surface area contributed by atoms with E-state index in [1.165, 1.54) is 12.4 Å². The molecular weight excluding hydrogens is 372 g/mol. The number of halogens is 4. The van der Waals surface area contributed by atoms with E-state index in [1.807, 2.05) is 18.2 Å². The molecule has 28 heavy (non-hydrogen) atoms. The highest BCUT2D eigenvalue weighted by atomic mass is 19.4. The lowest BCUT2D eigenvalue weighted by molar-refractivity contribution is -0.140. The molecule has 1 aliphatic heterocycles. The molecule has 0 aliphatic carbocycles. The van der Waals surface area contributed by atoms with E-state index in [4.69, 9.17) is 0 Å². The van der Waals surface area contributed by atoms with Gasteiger partial charge in [0.2, 0.25) is 0 Å². The molecule has 1 aromatic heterocycles. The third-order valence-electron chi connectivity index (χ3n) is 5.10. The number of nitrogens with zero attached hydrogens (tertiary/aromatic N) is 2. The average Bonchev–Trinajstić information content (AvgIpc) is 2.68. The first-order valence-electron chi connectivity index (χ1n) is 8.96. The SMILES string of the molecule is Fc1cc(C2CCNC[C@@H]2Nc2cccc3ncncc23)ccc1C(F)(F)F. The van der Waals surface area contributed by atoms with Crippen molar-refractivity contribution in [3.63, 3.8) is 0 Å². The summed E-state index contributed by atoms with van der Waals surface area (Å²) in [6, 6.07) is 8.77. The van der Waals surface area contributed by atoms with Gasteiger partial charge in [-0.2, -0.15) is 13.2 Å². The minimum Gasteiger partial charge on any atom is -0.380 e. The minimum atomic E-state index is -4.70. The molecule has 1 saturated heterocycles. The summed E-state index contributed by atoms with van der Waals surface area (Å²) in [6.45, 7) is 1.32. The Labute approximate surface area is 159 Å². The molecule has 146 valence electrons. The standard InChI is InChI=1S/C20H18F4N4/c21-16-8-12(4-5-15(16)20(22,23)24)13-6-7-25-10-19(13)28-18-3-1-2-17-14(18)9-26-11-27-17/h1-5,8-9,11,13,19,25,28H,6-7,10H2/t13?,19-/m0/s1. The van der Waals surface area contributed by atoms with Gasteiger partial charge in [-0.3, -0.25) is 0 Å². The second-order valence-corrected chi connectivity index (χ2v) is 6.85. The Balaban J connectivity index is 1.64. The predicted molar refractivity (Wildman–Crippen MR) is 98.6 cm³/mol. The van der Waals surface area contributed by atoms with Crippen molar-refractivity contribution in [2.24, 2.45) is 0 Å². The van der Waals surface area contributed by atoms with E-state index in [1.54, 1.807) is 6.20 Å². The number of nitrogens with one attached hydrogen (secondary N) is 2. The van der Waals surface area contributed by atoms with Crippen molar-refractivity contribution in [1.82, 2.24) is 15.3 Å². The Morgan fingerprint density at radius 2 is 2.00 bits per heavy atom. The first kappa shape index (κ1) is 18.6. The lowest BCUT2D eigenvalue weighted by Crippen LogP contribution is -2.44. The molecule has 0 radical (unpaired) electrons. The Kier molecular flexibility index (Phi) is 4.89. The van der Waals surface area contributed by atoms with E-state index < -0.39 is 17.6 Å². The van der Waals surface area contributed by atoms with Crippen molar-refractivity contribution in [2.75, 3.05) is 18.4 Å². The monoisotopic (exact) mass is 390 g/mol. The van der Waals surface area contributed by atoms with Gasteiger partial charge >= 0.3 is 6.18 Å². The summed E-state index contributed by atoms with van der Waals surface area (Å²) in [5.74, 6) is -1.36. The van der Waals surface area contributed by atoms with Crippen LogP contribution in [-0.4, -0.2) is 29.1 Å². The summed E-state index contributed by atoms with van der Waals surface area (Å²) >= 11 is 0. The largest absolute Gasteiger partial charge is 0.419 e.